The molecule has 1 aromatic carbocycles. The number of hydrogen-bond donors (Lipinski definition) is 1. The van der Waals surface area contributed by atoms with Gasteiger partial charge in [0.25, 0.3) is 0 Å². The number of fused-ring (bicyclic) bond motifs is 1. The largest absolute Gasteiger partial charge is 0.467 e. The zero-order valence-electron chi connectivity index (χ0n) is 14.3. The number of esters is 1. The molecule has 0 aliphatic carbocycles. The fourth-order valence-electron chi connectivity index (χ4n) is 2.34. The molecular weight excluding hydrogens is 308 g/mol. The zero-order valence-corrected chi connectivity index (χ0v) is 14.3. The molecular formula is C18H22N2O4. The summed E-state index contributed by atoms with van der Waals surface area (Å²) >= 11 is 0. The van der Waals surface area contributed by atoms with E-state index in [4.69, 9.17) is 9.47 Å². The van der Waals surface area contributed by atoms with Crippen molar-refractivity contribution in [1.82, 2.24) is 10.3 Å². The first-order valence-electron chi connectivity index (χ1n) is 7.70. The minimum absolute atomic E-state index is 0.287. The molecule has 0 aliphatic heterocycles. The van der Waals surface area contributed by atoms with Crippen molar-refractivity contribution in [2.24, 2.45) is 0 Å². The minimum atomic E-state index is -0.837. The number of alkyl carbamates (subject to hydrolysis) is 1. The first-order chi connectivity index (χ1) is 11.3. The van der Waals surface area contributed by atoms with Gasteiger partial charge in [-0.25, -0.2) is 9.59 Å². The van der Waals surface area contributed by atoms with Gasteiger partial charge < -0.3 is 14.8 Å². The second-order valence-electron chi connectivity index (χ2n) is 6.41. The van der Waals surface area contributed by atoms with Crippen LogP contribution in [0.25, 0.3) is 10.9 Å². The molecule has 1 atom stereocenters. The molecule has 0 bridgehead atoms. The van der Waals surface area contributed by atoms with E-state index in [2.05, 4.69) is 10.3 Å². The second kappa shape index (κ2) is 7.29. The van der Waals surface area contributed by atoms with Crippen LogP contribution in [-0.4, -0.2) is 35.8 Å². The molecule has 1 N–H and O–H groups in total. The van der Waals surface area contributed by atoms with Crippen molar-refractivity contribution >= 4 is 23.0 Å². The van der Waals surface area contributed by atoms with E-state index in [0.29, 0.717) is 0 Å². The number of carbonyl (C=O) groups is 2. The number of hydrogen-bond acceptors (Lipinski definition) is 5. The lowest BCUT2D eigenvalue weighted by molar-refractivity contribution is -0.143. The number of rotatable bonds is 4. The topological polar surface area (TPSA) is 77.5 Å². The quantitative estimate of drug-likeness (QED) is 0.872. The molecule has 2 rings (SSSR count). The fourth-order valence-corrected chi connectivity index (χ4v) is 2.34. The van der Waals surface area contributed by atoms with Crippen LogP contribution in [0.1, 0.15) is 26.3 Å². The van der Waals surface area contributed by atoms with Gasteiger partial charge in [-0.2, -0.15) is 0 Å². The van der Waals surface area contributed by atoms with Crippen molar-refractivity contribution < 1.29 is 19.1 Å². The zero-order chi connectivity index (χ0) is 17.7. The molecule has 0 spiro atoms. The monoisotopic (exact) mass is 330 g/mol. The number of pyridine rings is 1. The summed E-state index contributed by atoms with van der Waals surface area (Å²) in [6.45, 7) is 5.28. The van der Waals surface area contributed by atoms with Crippen LogP contribution in [0.5, 0.6) is 0 Å². The number of nitrogens with zero attached hydrogens (tertiary/aromatic N) is 1. The molecule has 0 aliphatic rings. The summed E-state index contributed by atoms with van der Waals surface area (Å²) in [6, 6.07) is 8.62. The predicted octanol–water partition coefficient (Wildman–Crippen LogP) is 2.84. The standard InChI is InChI=1S/C18H22N2O4/c1-18(2,3)24-17(22)20-15(16(21)23-4)11-12-9-10-19-14-8-6-5-7-13(12)14/h5-10,15H,11H2,1-4H3,(H,20,22)/t15-/m0/s1. The van der Waals surface area contributed by atoms with Crippen molar-refractivity contribution in [1.29, 1.82) is 0 Å². The molecule has 0 fully saturated rings. The van der Waals surface area contributed by atoms with E-state index in [9.17, 15) is 9.59 Å². The van der Waals surface area contributed by atoms with Gasteiger partial charge in [0, 0.05) is 18.0 Å². The number of benzene rings is 1. The number of nitrogens with one attached hydrogen (secondary N) is 1. The highest BCUT2D eigenvalue weighted by Crippen LogP contribution is 2.18. The SMILES string of the molecule is COC(=O)[C@H](Cc1ccnc2ccccc12)NC(=O)OC(C)(C)C. The Balaban J connectivity index is 2.22. The number of carbonyl (C=O) groups excluding carboxylic acids is 2. The lowest BCUT2D eigenvalue weighted by atomic mass is 10.0. The number of amides is 1. The average Bonchev–Trinajstić information content (AvgIpc) is 2.52. The Labute approximate surface area is 141 Å². The molecule has 1 amide bonds. The Kier molecular flexibility index (Phi) is 5.39. The van der Waals surface area contributed by atoms with Crippen molar-refractivity contribution in [2.45, 2.75) is 38.8 Å². The van der Waals surface area contributed by atoms with Gasteiger partial charge in [-0.1, -0.05) is 18.2 Å². The number of para-hydroxylation sites is 1. The molecule has 0 saturated heterocycles. The average molecular weight is 330 g/mol. The van der Waals surface area contributed by atoms with Gasteiger partial charge in [-0.15, -0.1) is 0 Å². The maximum Gasteiger partial charge on any atom is 0.408 e. The maximum absolute atomic E-state index is 12.0. The van der Waals surface area contributed by atoms with E-state index < -0.39 is 23.7 Å². The third kappa shape index (κ3) is 4.68. The Hall–Kier alpha value is -2.63. The molecule has 0 radical (unpaired) electrons. The molecule has 0 unspecified atom stereocenters. The van der Waals surface area contributed by atoms with E-state index in [0.717, 1.165) is 16.5 Å². The normalized spacial score (nSPS) is 12.5. The van der Waals surface area contributed by atoms with Crippen LogP contribution in [0.3, 0.4) is 0 Å². The summed E-state index contributed by atoms with van der Waals surface area (Å²) in [6.07, 6.45) is 1.31. The van der Waals surface area contributed by atoms with Crippen molar-refractivity contribution in [3.8, 4) is 0 Å². The first kappa shape index (κ1) is 17.7. The molecule has 6 heteroatoms. The van der Waals surface area contributed by atoms with E-state index >= 15 is 0 Å². The van der Waals surface area contributed by atoms with Gasteiger partial charge >= 0.3 is 12.1 Å². The van der Waals surface area contributed by atoms with E-state index in [-0.39, 0.29) is 6.42 Å². The van der Waals surface area contributed by atoms with Crippen LogP contribution in [0, 0.1) is 0 Å². The Bertz CT molecular complexity index is 732. The third-order valence-corrected chi connectivity index (χ3v) is 3.34. The van der Waals surface area contributed by atoms with Crippen LogP contribution in [-0.2, 0) is 20.7 Å². The van der Waals surface area contributed by atoms with Crippen LogP contribution >= 0.6 is 0 Å². The van der Waals surface area contributed by atoms with E-state index in [1.54, 1.807) is 27.0 Å². The highest BCUT2D eigenvalue weighted by atomic mass is 16.6. The molecule has 0 saturated carbocycles. The van der Waals surface area contributed by atoms with Gasteiger partial charge in [0.2, 0.25) is 0 Å². The van der Waals surface area contributed by atoms with Crippen LogP contribution in [0.4, 0.5) is 4.79 Å². The predicted molar refractivity (Wildman–Crippen MR) is 90.6 cm³/mol. The van der Waals surface area contributed by atoms with Crippen molar-refractivity contribution in [3.63, 3.8) is 0 Å². The van der Waals surface area contributed by atoms with Crippen LogP contribution in [0.2, 0.25) is 0 Å². The smallest absolute Gasteiger partial charge is 0.408 e. The van der Waals surface area contributed by atoms with Gasteiger partial charge in [-0.3, -0.25) is 4.98 Å². The maximum atomic E-state index is 12.0. The summed E-state index contributed by atoms with van der Waals surface area (Å²) in [5.74, 6) is -0.526. The molecule has 128 valence electrons. The van der Waals surface area contributed by atoms with E-state index in [1.807, 2.05) is 30.3 Å². The highest BCUT2D eigenvalue weighted by Gasteiger charge is 2.25. The number of ether oxygens (including phenoxy) is 2. The summed E-state index contributed by atoms with van der Waals surface area (Å²) in [5, 5.41) is 3.51. The van der Waals surface area contributed by atoms with Gasteiger partial charge in [-0.05, 0) is 38.5 Å². The first-order valence-corrected chi connectivity index (χ1v) is 7.70. The Morgan fingerprint density at radius 2 is 1.92 bits per heavy atom. The van der Waals surface area contributed by atoms with Crippen molar-refractivity contribution in [2.75, 3.05) is 7.11 Å². The third-order valence-electron chi connectivity index (χ3n) is 3.34. The Morgan fingerprint density at radius 3 is 2.58 bits per heavy atom. The highest BCUT2D eigenvalue weighted by molar-refractivity contribution is 5.85. The van der Waals surface area contributed by atoms with E-state index in [1.165, 1.54) is 7.11 Å². The lowest BCUT2D eigenvalue weighted by Crippen LogP contribution is -2.45. The second-order valence-corrected chi connectivity index (χ2v) is 6.41. The summed E-state index contributed by atoms with van der Waals surface area (Å²) in [7, 11) is 1.29. The molecule has 1 aromatic heterocycles. The van der Waals surface area contributed by atoms with Gasteiger partial charge in [0.15, 0.2) is 0 Å². The van der Waals surface area contributed by atoms with Crippen molar-refractivity contribution in [3.05, 3.63) is 42.1 Å². The minimum Gasteiger partial charge on any atom is -0.467 e. The summed E-state index contributed by atoms with van der Waals surface area (Å²) in [5.41, 5.74) is 1.08. The fraction of sp³-hybridized carbons (Fsp3) is 0.389. The number of aromatic nitrogens is 1. The molecule has 24 heavy (non-hydrogen) atoms. The van der Waals surface area contributed by atoms with Crippen LogP contribution < -0.4 is 5.32 Å². The lowest BCUT2D eigenvalue weighted by Gasteiger charge is -2.22. The summed E-state index contributed by atoms with van der Waals surface area (Å²) in [4.78, 5) is 28.3. The summed E-state index contributed by atoms with van der Waals surface area (Å²) < 4.78 is 10.0. The Morgan fingerprint density at radius 1 is 1.21 bits per heavy atom. The van der Waals surface area contributed by atoms with Gasteiger partial charge in [0.05, 0.1) is 12.6 Å². The molecule has 2 aromatic rings. The molecule has 1 heterocycles. The van der Waals surface area contributed by atoms with Crippen LogP contribution in [0.15, 0.2) is 36.5 Å². The number of methoxy groups -OCH3 is 1. The molecule has 6 nitrogen and oxygen atoms in total. The van der Waals surface area contributed by atoms with Gasteiger partial charge in [0.1, 0.15) is 11.6 Å².